The van der Waals surface area contributed by atoms with Crippen LogP contribution in [-0.4, -0.2) is 10.1 Å². The summed E-state index contributed by atoms with van der Waals surface area (Å²) in [7, 11) is 0. The fraction of sp³-hybridized carbons (Fsp3) is 0.0769. The number of hydrogen-bond acceptors (Lipinski definition) is 4. The van der Waals surface area contributed by atoms with Gasteiger partial charge in [-0.2, -0.15) is 0 Å². The number of rotatable bonds is 4. The maximum Gasteiger partial charge on any atom is 0.192 e. The number of aryl methyl sites for hydroxylation is 2. The highest BCUT2D eigenvalue weighted by Gasteiger charge is 2.27. The van der Waals surface area contributed by atoms with Crippen LogP contribution in [0.4, 0.5) is 0 Å². The zero-order valence-corrected chi connectivity index (χ0v) is 16.8. The van der Waals surface area contributed by atoms with Crippen molar-refractivity contribution in [1.82, 2.24) is 10.1 Å². The minimum atomic E-state index is 0.597. The Kier molecular flexibility index (Phi) is 4.52. The Labute approximate surface area is 174 Å². The molecule has 0 bridgehead atoms. The molecule has 5 aromatic rings. The molecule has 0 aliphatic carbocycles. The summed E-state index contributed by atoms with van der Waals surface area (Å²) in [6.07, 6.45) is 0. The Morgan fingerprint density at radius 2 is 1.20 bits per heavy atom. The molecule has 2 heterocycles. The molecule has 0 aliphatic heterocycles. The molecule has 0 aliphatic rings. The van der Waals surface area contributed by atoms with Gasteiger partial charge >= 0.3 is 0 Å². The van der Waals surface area contributed by atoms with E-state index in [1.54, 1.807) is 0 Å². The monoisotopic (exact) mass is 392 g/mol. The predicted octanol–water partition coefficient (Wildman–Crippen LogP) is 6.95. The van der Waals surface area contributed by atoms with E-state index in [9.17, 15) is 0 Å². The first kappa shape index (κ1) is 18.1. The van der Waals surface area contributed by atoms with Gasteiger partial charge in [0, 0.05) is 23.6 Å². The second-order valence-corrected chi connectivity index (χ2v) is 7.24. The van der Waals surface area contributed by atoms with Crippen LogP contribution in [0.25, 0.3) is 45.2 Å². The Balaban J connectivity index is 1.79. The molecule has 4 nitrogen and oxygen atoms in total. The van der Waals surface area contributed by atoms with Gasteiger partial charge in [-0.15, -0.1) is 0 Å². The lowest BCUT2D eigenvalue weighted by Gasteiger charge is -2.05. The third kappa shape index (κ3) is 3.22. The van der Waals surface area contributed by atoms with E-state index < -0.39 is 0 Å². The second-order valence-electron chi connectivity index (χ2n) is 7.24. The van der Waals surface area contributed by atoms with Crippen LogP contribution >= 0.6 is 0 Å². The summed E-state index contributed by atoms with van der Waals surface area (Å²) in [5.41, 5.74) is 6.38. The van der Waals surface area contributed by atoms with Crippen molar-refractivity contribution in [1.29, 1.82) is 0 Å². The molecule has 3 aromatic carbocycles. The quantitative estimate of drug-likeness (QED) is 0.332. The summed E-state index contributed by atoms with van der Waals surface area (Å²) < 4.78 is 11.9. The lowest BCUT2D eigenvalue weighted by atomic mass is 9.97. The van der Waals surface area contributed by atoms with Crippen molar-refractivity contribution in [2.45, 2.75) is 13.8 Å². The first-order valence-electron chi connectivity index (χ1n) is 9.86. The van der Waals surface area contributed by atoms with Crippen LogP contribution in [0.3, 0.4) is 0 Å². The van der Waals surface area contributed by atoms with Crippen molar-refractivity contribution in [3.05, 3.63) is 96.4 Å². The predicted molar refractivity (Wildman–Crippen MR) is 118 cm³/mol. The van der Waals surface area contributed by atoms with Gasteiger partial charge in [0.15, 0.2) is 17.4 Å². The van der Waals surface area contributed by atoms with Gasteiger partial charge in [0.25, 0.3) is 0 Å². The van der Waals surface area contributed by atoms with Gasteiger partial charge in [-0.25, -0.2) is 4.98 Å². The number of hydrogen-bond donors (Lipinski definition) is 0. The largest absolute Gasteiger partial charge is 0.440 e. The van der Waals surface area contributed by atoms with E-state index in [2.05, 4.69) is 36.3 Å². The molecule has 0 atom stereocenters. The summed E-state index contributed by atoms with van der Waals surface area (Å²) >= 11 is 0. The van der Waals surface area contributed by atoms with Crippen LogP contribution < -0.4 is 0 Å². The zero-order chi connectivity index (χ0) is 20.5. The lowest BCUT2D eigenvalue weighted by molar-refractivity contribution is 0.435. The maximum atomic E-state index is 6.07. The highest BCUT2D eigenvalue weighted by molar-refractivity contribution is 5.93. The average molecular weight is 392 g/mol. The van der Waals surface area contributed by atoms with Crippen LogP contribution in [0.15, 0.2) is 93.9 Å². The van der Waals surface area contributed by atoms with Crippen LogP contribution in [0.5, 0.6) is 0 Å². The van der Waals surface area contributed by atoms with E-state index in [0.29, 0.717) is 17.4 Å². The normalized spacial score (nSPS) is 11.0. The number of oxazole rings is 1. The number of aromatic nitrogens is 2. The summed E-state index contributed by atoms with van der Waals surface area (Å²) in [6, 6.07) is 28.2. The Hall–Kier alpha value is -3.92. The number of nitrogens with zero attached hydrogens (tertiary/aromatic N) is 2. The van der Waals surface area contributed by atoms with Crippen LogP contribution in [0.2, 0.25) is 0 Å². The summed E-state index contributed by atoms with van der Waals surface area (Å²) in [6.45, 7) is 3.93. The van der Waals surface area contributed by atoms with Crippen molar-refractivity contribution in [2.24, 2.45) is 0 Å². The first-order chi connectivity index (χ1) is 14.7. The van der Waals surface area contributed by atoms with E-state index in [1.165, 1.54) is 5.56 Å². The SMILES string of the molecule is Cc1ccc(-c2oc(C)nc2-c2c(-c3ccccc3)noc2-c2ccccc2)cc1. The van der Waals surface area contributed by atoms with Crippen molar-refractivity contribution in [3.8, 4) is 45.2 Å². The van der Waals surface area contributed by atoms with Crippen molar-refractivity contribution >= 4 is 0 Å². The van der Waals surface area contributed by atoms with E-state index in [4.69, 9.17) is 13.9 Å². The third-order valence-electron chi connectivity index (χ3n) is 5.06. The van der Waals surface area contributed by atoms with Gasteiger partial charge in [0.1, 0.15) is 11.4 Å². The summed E-state index contributed by atoms with van der Waals surface area (Å²) in [5.74, 6) is 1.99. The Morgan fingerprint density at radius 3 is 1.87 bits per heavy atom. The van der Waals surface area contributed by atoms with Crippen molar-refractivity contribution < 1.29 is 8.94 Å². The molecule has 0 radical (unpaired) electrons. The third-order valence-corrected chi connectivity index (χ3v) is 5.06. The van der Waals surface area contributed by atoms with E-state index >= 15 is 0 Å². The molecular formula is C26H20N2O2. The topological polar surface area (TPSA) is 52.1 Å². The van der Waals surface area contributed by atoms with Gasteiger partial charge in [0.05, 0.1) is 5.56 Å². The molecule has 30 heavy (non-hydrogen) atoms. The molecule has 5 rings (SSSR count). The minimum absolute atomic E-state index is 0.597. The van der Waals surface area contributed by atoms with Gasteiger partial charge in [-0.05, 0) is 6.92 Å². The lowest BCUT2D eigenvalue weighted by Crippen LogP contribution is -1.88. The van der Waals surface area contributed by atoms with Gasteiger partial charge < -0.3 is 8.94 Å². The summed E-state index contributed by atoms with van der Waals surface area (Å²) in [5, 5.41) is 4.44. The molecule has 0 spiro atoms. The van der Waals surface area contributed by atoms with Gasteiger partial charge in [-0.1, -0.05) is 95.6 Å². The second kappa shape index (κ2) is 7.48. The van der Waals surface area contributed by atoms with Crippen LogP contribution in [0.1, 0.15) is 11.5 Å². The van der Waals surface area contributed by atoms with Crippen LogP contribution in [-0.2, 0) is 0 Å². The Bertz CT molecular complexity index is 1230. The fourth-order valence-electron chi connectivity index (χ4n) is 3.59. The maximum absolute atomic E-state index is 6.07. The van der Waals surface area contributed by atoms with Gasteiger partial charge in [-0.3, -0.25) is 0 Å². The standard InChI is InChI=1S/C26H20N2O2/c1-17-13-15-21(16-14-17)26-24(27-18(2)29-26)22-23(19-9-5-3-6-10-19)28-30-25(22)20-11-7-4-8-12-20/h3-16H,1-2H3. The first-order valence-corrected chi connectivity index (χ1v) is 9.86. The molecule has 0 saturated heterocycles. The molecule has 0 saturated carbocycles. The summed E-state index contributed by atoms with van der Waals surface area (Å²) in [4.78, 5) is 4.76. The fourth-order valence-corrected chi connectivity index (χ4v) is 3.59. The van der Waals surface area contributed by atoms with Gasteiger partial charge in [0.2, 0.25) is 0 Å². The van der Waals surface area contributed by atoms with Crippen molar-refractivity contribution in [2.75, 3.05) is 0 Å². The molecule has 4 heteroatoms. The van der Waals surface area contributed by atoms with E-state index in [-0.39, 0.29) is 0 Å². The van der Waals surface area contributed by atoms with E-state index in [1.807, 2.05) is 67.6 Å². The van der Waals surface area contributed by atoms with Crippen LogP contribution in [0, 0.1) is 13.8 Å². The average Bonchev–Trinajstić information content (AvgIpc) is 3.39. The molecule has 146 valence electrons. The van der Waals surface area contributed by atoms with E-state index in [0.717, 1.165) is 33.6 Å². The highest BCUT2D eigenvalue weighted by Crippen LogP contribution is 2.43. The molecule has 0 unspecified atom stereocenters. The minimum Gasteiger partial charge on any atom is -0.440 e. The molecule has 0 amide bonds. The highest BCUT2D eigenvalue weighted by atomic mass is 16.5. The molecular weight excluding hydrogens is 372 g/mol. The smallest absolute Gasteiger partial charge is 0.192 e. The molecule has 0 fully saturated rings. The molecule has 0 N–H and O–H groups in total. The van der Waals surface area contributed by atoms with Crippen molar-refractivity contribution in [3.63, 3.8) is 0 Å². The zero-order valence-electron chi connectivity index (χ0n) is 16.8. The number of benzene rings is 3. The Morgan fingerprint density at radius 1 is 0.600 bits per heavy atom. The molecule has 2 aromatic heterocycles.